The van der Waals surface area contributed by atoms with Crippen LogP contribution in [0.4, 0.5) is 0 Å². The van der Waals surface area contributed by atoms with E-state index in [-0.39, 0.29) is 35.5 Å². The molecule has 2 aromatic heterocycles. The topological polar surface area (TPSA) is 81.7 Å². The molecule has 1 unspecified atom stereocenters. The summed E-state index contributed by atoms with van der Waals surface area (Å²) in [5.74, 6) is 0.219. The zero-order valence-corrected chi connectivity index (χ0v) is 15.9. The number of furan rings is 1. The first-order valence-corrected chi connectivity index (χ1v) is 8.94. The molecule has 6 nitrogen and oxygen atoms in total. The largest absolute Gasteiger partial charge is 0.476 e. The Morgan fingerprint density at radius 3 is 2.67 bits per heavy atom. The molecule has 0 saturated carbocycles. The van der Waals surface area contributed by atoms with Gasteiger partial charge in [-0.25, -0.2) is 0 Å². The second-order valence-corrected chi connectivity index (χ2v) is 6.66. The van der Waals surface area contributed by atoms with E-state index in [2.05, 4.69) is 5.32 Å². The summed E-state index contributed by atoms with van der Waals surface area (Å²) in [7, 11) is 0. The third-order valence-electron chi connectivity index (χ3n) is 4.58. The molecule has 1 N–H and O–H groups in total. The van der Waals surface area contributed by atoms with Gasteiger partial charge in [-0.3, -0.25) is 9.59 Å². The summed E-state index contributed by atoms with van der Waals surface area (Å²) in [5.41, 5.74) is 2.10. The van der Waals surface area contributed by atoms with Gasteiger partial charge < -0.3 is 18.9 Å². The van der Waals surface area contributed by atoms with E-state index in [0.717, 1.165) is 17.5 Å². The molecule has 27 heavy (non-hydrogen) atoms. The summed E-state index contributed by atoms with van der Waals surface area (Å²) in [4.78, 5) is 25.1. The number of amides is 1. The van der Waals surface area contributed by atoms with Crippen LogP contribution in [0.15, 0.2) is 44.2 Å². The third-order valence-corrected chi connectivity index (χ3v) is 4.58. The second kappa shape index (κ2) is 7.70. The van der Waals surface area contributed by atoms with Gasteiger partial charge in [0.05, 0.1) is 11.6 Å². The molecule has 0 aliphatic heterocycles. The van der Waals surface area contributed by atoms with Crippen LogP contribution in [-0.2, 0) is 4.79 Å². The molecular weight excluding hydrogens is 346 g/mol. The van der Waals surface area contributed by atoms with Crippen LogP contribution in [0.2, 0.25) is 0 Å². The van der Waals surface area contributed by atoms with Gasteiger partial charge in [0.25, 0.3) is 5.91 Å². The molecule has 0 spiro atoms. The van der Waals surface area contributed by atoms with Gasteiger partial charge in [0.1, 0.15) is 5.58 Å². The lowest BCUT2D eigenvalue weighted by Crippen LogP contribution is -2.36. The maximum atomic E-state index is 13.0. The van der Waals surface area contributed by atoms with Gasteiger partial charge in [0.2, 0.25) is 16.9 Å². The minimum absolute atomic E-state index is 0.0278. The van der Waals surface area contributed by atoms with Crippen molar-refractivity contribution in [1.29, 1.82) is 0 Å². The van der Waals surface area contributed by atoms with Crippen molar-refractivity contribution in [2.45, 2.75) is 40.2 Å². The Morgan fingerprint density at radius 2 is 2.00 bits per heavy atom. The third kappa shape index (κ3) is 3.89. The molecule has 142 valence electrons. The van der Waals surface area contributed by atoms with Gasteiger partial charge in [0.15, 0.2) is 12.4 Å². The monoisotopic (exact) mass is 369 g/mol. The highest BCUT2D eigenvalue weighted by molar-refractivity contribution is 5.83. The molecular formula is C21H23NO5. The number of hydrogen-bond donors (Lipinski definition) is 1. The number of benzene rings is 1. The molecule has 1 atom stereocenters. The fourth-order valence-electron chi connectivity index (χ4n) is 2.69. The zero-order valence-electron chi connectivity index (χ0n) is 15.9. The van der Waals surface area contributed by atoms with Gasteiger partial charge in [0, 0.05) is 6.04 Å². The fourth-order valence-corrected chi connectivity index (χ4v) is 2.69. The van der Waals surface area contributed by atoms with E-state index < -0.39 is 0 Å². The van der Waals surface area contributed by atoms with Crippen molar-refractivity contribution in [1.82, 2.24) is 5.32 Å². The van der Waals surface area contributed by atoms with Gasteiger partial charge in [-0.15, -0.1) is 0 Å². The molecule has 0 aliphatic rings. The molecule has 0 radical (unpaired) electrons. The smallest absolute Gasteiger partial charge is 0.258 e. The first-order valence-electron chi connectivity index (χ1n) is 8.94. The summed E-state index contributed by atoms with van der Waals surface area (Å²) < 4.78 is 16.9. The molecule has 0 fully saturated rings. The van der Waals surface area contributed by atoms with Crippen LogP contribution in [0, 0.1) is 13.8 Å². The second-order valence-electron chi connectivity index (χ2n) is 6.66. The quantitative estimate of drug-likeness (QED) is 0.711. The van der Waals surface area contributed by atoms with Crippen molar-refractivity contribution < 1.29 is 18.4 Å². The minimum atomic E-state index is -0.331. The van der Waals surface area contributed by atoms with E-state index in [9.17, 15) is 9.59 Å². The summed E-state index contributed by atoms with van der Waals surface area (Å²) in [6.07, 6.45) is 2.29. The van der Waals surface area contributed by atoms with E-state index in [1.165, 1.54) is 6.26 Å². The van der Waals surface area contributed by atoms with Crippen LogP contribution in [0.1, 0.15) is 31.4 Å². The average Bonchev–Trinajstić information content (AvgIpc) is 3.17. The number of ether oxygens (including phenoxy) is 1. The van der Waals surface area contributed by atoms with Crippen LogP contribution in [0.5, 0.6) is 5.75 Å². The number of aryl methyl sites for hydroxylation is 2. The van der Waals surface area contributed by atoms with E-state index in [1.807, 2.05) is 33.8 Å². The van der Waals surface area contributed by atoms with Crippen molar-refractivity contribution in [2.75, 3.05) is 6.61 Å². The van der Waals surface area contributed by atoms with Gasteiger partial charge in [-0.05, 0) is 62.6 Å². The van der Waals surface area contributed by atoms with E-state index in [0.29, 0.717) is 16.7 Å². The Kier molecular flexibility index (Phi) is 5.35. The lowest BCUT2D eigenvalue weighted by atomic mass is 10.1. The standard InChI is InChI=1S/C21H23NO5/c1-5-14(4)22-18(23)11-26-21-19(24)15-9-12(2)13(3)10-17(15)27-20(21)16-7-6-8-25-16/h6-10,14H,5,11H2,1-4H3,(H,22,23). The van der Waals surface area contributed by atoms with Gasteiger partial charge >= 0.3 is 0 Å². The lowest BCUT2D eigenvalue weighted by Gasteiger charge is -2.13. The molecule has 3 rings (SSSR count). The Morgan fingerprint density at radius 1 is 1.26 bits per heavy atom. The molecule has 0 saturated heterocycles. The SMILES string of the molecule is CCC(C)NC(=O)COc1c(-c2ccco2)oc2cc(C)c(C)cc2c1=O. The average molecular weight is 369 g/mol. The predicted molar refractivity (Wildman–Crippen MR) is 103 cm³/mol. The minimum Gasteiger partial charge on any atom is -0.476 e. The van der Waals surface area contributed by atoms with Crippen molar-refractivity contribution >= 4 is 16.9 Å². The molecule has 0 bridgehead atoms. The van der Waals surface area contributed by atoms with Crippen LogP contribution >= 0.6 is 0 Å². The molecule has 6 heteroatoms. The number of fused-ring (bicyclic) bond motifs is 1. The van der Waals surface area contributed by atoms with Gasteiger partial charge in [-0.2, -0.15) is 0 Å². The summed E-state index contributed by atoms with van der Waals surface area (Å²) >= 11 is 0. The number of carbonyl (C=O) groups is 1. The lowest BCUT2D eigenvalue weighted by molar-refractivity contribution is -0.123. The number of nitrogens with one attached hydrogen (secondary N) is 1. The van der Waals surface area contributed by atoms with E-state index in [4.69, 9.17) is 13.6 Å². The Balaban J connectivity index is 2.05. The molecule has 0 aliphatic carbocycles. The highest BCUT2D eigenvalue weighted by Crippen LogP contribution is 2.32. The highest BCUT2D eigenvalue weighted by atomic mass is 16.5. The number of hydrogen-bond acceptors (Lipinski definition) is 5. The maximum absolute atomic E-state index is 13.0. The van der Waals surface area contributed by atoms with Crippen LogP contribution in [-0.4, -0.2) is 18.6 Å². The Labute approximate surface area is 157 Å². The first kappa shape index (κ1) is 18.8. The summed E-state index contributed by atoms with van der Waals surface area (Å²) in [6, 6.07) is 6.99. The van der Waals surface area contributed by atoms with Crippen LogP contribution in [0.25, 0.3) is 22.5 Å². The molecule has 2 heterocycles. The molecule has 3 aromatic rings. The molecule has 1 aromatic carbocycles. The van der Waals surface area contributed by atoms with Crippen molar-refractivity contribution in [2.24, 2.45) is 0 Å². The maximum Gasteiger partial charge on any atom is 0.258 e. The van der Waals surface area contributed by atoms with Gasteiger partial charge in [-0.1, -0.05) is 6.92 Å². The Bertz CT molecular complexity index is 1020. The molecule has 1 amide bonds. The fraction of sp³-hybridized carbons (Fsp3) is 0.333. The normalized spacial score (nSPS) is 12.1. The van der Waals surface area contributed by atoms with Crippen LogP contribution < -0.4 is 15.5 Å². The first-order chi connectivity index (χ1) is 12.9. The number of rotatable bonds is 6. The number of carbonyl (C=O) groups excluding carboxylic acids is 1. The highest BCUT2D eigenvalue weighted by Gasteiger charge is 2.21. The van der Waals surface area contributed by atoms with E-state index in [1.54, 1.807) is 18.2 Å². The van der Waals surface area contributed by atoms with Crippen LogP contribution in [0.3, 0.4) is 0 Å². The zero-order chi connectivity index (χ0) is 19.6. The van der Waals surface area contributed by atoms with Crippen molar-refractivity contribution in [3.05, 3.63) is 51.9 Å². The predicted octanol–water partition coefficient (Wildman–Crippen LogP) is 3.96. The van der Waals surface area contributed by atoms with Crippen molar-refractivity contribution in [3.63, 3.8) is 0 Å². The summed E-state index contributed by atoms with van der Waals surface area (Å²) in [6.45, 7) is 7.48. The Hall–Kier alpha value is -3.02. The summed E-state index contributed by atoms with van der Waals surface area (Å²) in [5, 5.41) is 3.22. The van der Waals surface area contributed by atoms with Crippen molar-refractivity contribution in [3.8, 4) is 17.3 Å². The van der Waals surface area contributed by atoms with E-state index >= 15 is 0 Å².